The van der Waals surface area contributed by atoms with Gasteiger partial charge >= 0.3 is 0 Å². The van der Waals surface area contributed by atoms with Crippen LogP contribution in [0.15, 0.2) is 36.5 Å². The number of carbonyl (C=O) groups excluding carboxylic acids is 1. The van der Waals surface area contributed by atoms with Gasteiger partial charge in [-0.1, -0.05) is 243 Å². The molecule has 0 aliphatic heterocycles. The molecule has 0 bridgehead atoms. The number of hydrogen-bond acceptors (Lipinski definition) is 4. The monoisotopic (exact) mass is 844 g/mol. The van der Waals surface area contributed by atoms with E-state index in [2.05, 4.69) is 55.6 Å². The second kappa shape index (κ2) is 50.2. The average Bonchev–Trinajstić information content (AvgIpc) is 3.25. The minimum atomic E-state index is -1.16. The summed E-state index contributed by atoms with van der Waals surface area (Å²) in [5, 5.41) is 33.7. The maximum Gasteiger partial charge on any atom is 0.220 e. The van der Waals surface area contributed by atoms with Gasteiger partial charge in [-0.3, -0.25) is 4.79 Å². The van der Waals surface area contributed by atoms with Crippen LogP contribution in [0, 0.1) is 0 Å². The van der Waals surface area contributed by atoms with Gasteiger partial charge < -0.3 is 20.6 Å². The maximum atomic E-state index is 12.5. The van der Waals surface area contributed by atoms with Crippen molar-refractivity contribution in [2.24, 2.45) is 0 Å². The number of carbonyl (C=O) groups is 1. The van der Waals surface area contributed by atoms with Gasteiger partial charge in [-0.2, -0.15) is 0 Å². The van der Waals surface area contributed by atoms with Crippen molar-refractivity contribution in [2.45, 2.75) is 302 Å². The highest BCUT2D eigenvalue weighted by molar-refractivity contribution is 5.76. The van der Waals surface area contributed by atoms with Crippen molar-refractivity contribution in [2.75, 3.05) is 6.61 Å². The maximum absolute atomic E-state index is 12.5. The van der Waals surface area contributed by atoms with Gasteiger partial charge in [-0.05, 0) is 70.6 Å². The number of aliphatic hydroxyl groups is 3. The predicted octanol–water partition coefficient (Wildman–Crippen LogP) is 16.3. The minimum Gasteiger partial charge on any atom is -0.394 e. The molecule has 0 rings (SSSR count). The van der Waals surface area contributed by atoms with Gasteiger partial charge in [0.25, 0.3) is 0 Å². The zero-order valence-electron chi connectivity index (χ0n) is 40.4. The van der Waals surface area contributed by atoms with Gasteiger partial charge in [0.1, 0.15) is 6.10 Å². The third-order valence-electron chi connectivity index (χ3n) is 12.5. The van der Waals surface area contributed by atoms with Gasteiger partial charge in [0.05, 0.1) is 18.8 Å². The first kappa shape index (κ1) is 58.6. The zero-order chi connectivity index (χ0) is 43.7. The Morgan fingerprint density at radius 1 is 0.417 bits per heavy atom. The van der Waals surface area contributed by atoms with Crippen LogP contribution in [0.2, 0.25) is 0 Å². The van der Waals surface area contributed by atoms with Crippen molar-refractivity contribution in [3.63, 3.8) is 0 Å². The molecule has 60 heavy (non-hydrogen) atoms. The quantitative estimate of drug-likeness (QED) is 0.0363. The Morgan fingerprint density at radius 3 is 1.07 bits per heavy atom. The molecule has 0 spiro atoms. The molecular formula is C55H105NO4. The largest absolute Gasteiger partial charge is 0.394 e. The smallest absolute Gasteiger partial charge is 0.220 e. The second-order valence-electron chi connectivity index (χ2n) is 18.4. The molecule has 0 saturated heterocycles. The van der Waals surface area contributed by atoms with Crippen LogP contribution in [0.3, 0.4) is 0 Å². The first-order chi connectivity index (χ1) is 29.6. The van der Waals surface area contributed by atoms with E-state index in [1.807, 2.05) is 0 Å². The van der Waals surface area contributed by atoms with Crippen LogP contribution in [0.1, 0.15) is 284 Å². The molecule has 3 unspecified atom stereocenters. The van der Waals surface area contributed by atoms with Gasteiger partial charge in [-0.15, -0.1) is 0 Å². The molecule has 4 N–H and O–H groups in total. The highest BCUT2D eigenvalue weighted by atomic mass is 16.3. The fraction of sp³-hybridized carbons (Fsp3) is 0.873. The summed E-state index contributed by atoms with van der Waals surface area (Å²) >= 11 is 0. The molecule has 5 nitrogen and oxygen atoms in total. The SMILES string of the molecule is CCCCCCCCCCC/C=C\C/C=C\CCCCCCCCCCCC(=O)NC(CO)C(O)C(O)CCC/C=C/CCCCCCCCCCCCCCCCCC. The molecule has 3 atom stereocenters. The summed E-state index contributed by atoms with van der Waals surface area (Å²) in [5.74, 6) is -0.156. The lowest BCUT2D eigenvalue weighted by molar-refractivity contribution is -0.124. The van der Waals surface area contributed by atoms with Gasteiger partial charge in [0, 0.05) is 6.42 Å². The Labute approximate surface area is 374 Å². The highest BCUT2D eigenvalue weighted by Gasteiger charge is 2.26. The number of rotatable bonds is 49. The van der Waals surface area contributed by atoms with Crippen molar-refractivity contribution in [1.29, 1.82) is 0 Å². The van der Waals surface area contributed by atoms with E-state index in [0.717, 1.165) is 44.9 Å². The van der Waals surface area contributed by atoms with E-state index in [9.17, 15) is 20.1 Å². The summed E-state index contributed by atoms with van der Waals surface area (Å²) in [6, 6.07) is -0.829. The van der Waals surface area contributed by atoms with Crippen LogP contribution in [-0.2, 0) is 4.79 Å². The van der Waals surface area contributed by atoms with E-state index in [-0.39, 0.29) is 12.5 Å². The highest BCUT2D eigenvalue weighted by Crippen LogP contribution is 2.16. The molecule has 5 heteroatoms. The summed E-state index contributed by atoms with van der Waals surface area (Å²) in [6.07, 6.45) is 64.3. The molecule has 0 aromatic carbocycles. The number of allylic oxidation sites excluding steroid dienone is 6. The van der Waals surface area contributed by atoms with E-state index in [1.54, 1.807) is 0 Å². The lowest BCUT2D eigenvalue weighted by Gasteiger charge is -2.26. The molecule has 0 fully saturated rings. The first-order valence-corrected chi connectivity index (χ1v) is 26.8. The topological polar surface area (TPSA) is 89.8 Å². The summed E-state index contributed by atoms with van der Waals surface area (Å²) in [4.78, 5) is 12.5. The Kier molecular flexibility index (Phi) is 49.0. The van der Waals surface area contributed by atoms with Crippen molar-refractivity contribution in [1.82, 2.24) is 5.32 Å². The molecular weight excluding hydrogens is 739 g/mol. The third-order valence-corrected chi connectivity index (χ3v) is 12.5. The van der Waals surface area contributed by atoms with E-state index in [4.69, 9.17) is 0 Å². The normalized spacial score (nSPS) is 13.6. The van der Waals surface area contributed by atoms with Crippen LogP contribution in [-0.4, -0.2) is 46.1 Å². The second-order valence-corrected chi connectivity index (χ2v) is 18.4. The molecule has 354 valence electrons. The van der Waals surface area contributed by atoms with Crippen molar-refractivity contribution in [3.8, 4) is 0 Å². The third kappa shape index (κ3) is 44.6. The van der Waals surface area contributed by atoms with E-state index >= 15 is 0 Å². The lowest BCUT2D eigenvalue weighted by Crippen LogP contribution is -2.50. The zero-order valence-corrected chi connectivity index (χ0v) is 40.4. The van der Waals surface area contributed by atoms with Gasteiger partial charge in [-0.25, -0.2) is 0 Å². The van der Waals surface area contributed by atoms with E-state index in [1.165, 1.54) is 212 Å². The van der Waals surface area contributed by atoms with Crippen molar-refractivity contribution in [3.05, 3.63) is 36.5 Å². The van der Waals surface area contributed by atoms with Crippen LogP contribution >= 0.6 is 0 Å². The molecule has 1 amide bonds. The lowest BCUT2D eigenvalue weighted by atomic mass is 10.0. The first-order valence-electron chi connectivity index (χ1n) is 26.8. The standard InChI is InChI=1S/C55H105NO4/c1-3-5-7-9-11-13-15-17-19-21-23-25-26-27-28-30-32-34-36-38-40-42-44-46-48-50-54(59)56-52(51-57)55(60)53(58)49-47-45-43-41-39-37-35-33-31-29-24-22-20-18-16-14-12-10-8-6-4-2/h23,25,27-28,41,43,52-53,55,57-58,60H,3-22,24,26,29-40,42,44-51H2,1-2H3,(H,56,59)/b25-23-,28-27-,43-41+. The summed E-state index contributed by atoms with van der Waals surface area (Å²) in [5.41, 5.74) is 0. The van der Waals surface area contributed by atoms with Crippen molar-refractivity contribution >= 4 is 5.91 Å². The Hall–Kier alpha value is -1.43. The fourth-order valence-corrected chi connectivity index (χ4v) is 8.31. The summed E-state index contributed by atoms with van der Waals surface area (Å²) in [7, 11) is 0. The average molecular weight is 844 g/mol. The predicted molar refractivity (Wildman–Crippen MR) is 264 cm³/mol. The molecule has 0 aliphatic carbocycles. The molecule has 0 aromatic heterocycles. The van der Waals surface area contributed by atoms with E-state index < -0.39 is 18.2 Å². The molecule has 0 saturated carbocycles. The van der Waals surface area contributed by atoms with Crippen LogP contribution in [0.4, 0.5) is 0 Å². The molecule has 0 heterocycles. The summed E-state index contributed by atoms with van der Waals surface area (Å²) < 4.78 is 0. The van der Waals surface area contributed by atoms with Crippen LogP contribution < -0.4 is 5.32 Å². The minimum absolute atomic E-state index is 0.156. The summed E-state index contributed by atoms with van der Waals surface area (Å²) in [6.45, 7) is 4.19. The van der Waals surface area contributed by atoms with Crippen LogP contribution in [0.25, 0.3) is 0 Å². The van der Waals surface area contributed by atoms with E-state index in [0.29, 0.717) is 12.8 Å². The molecule has 0 radical (unpaired) electrons. The van der Waals surface area contributed by atoms with Crippen LogP contribution in [0.5, 0.6) is 0 Å². The van der Waals surface area contributed by atoms with Gasteiger partial charge in [0.2, 0.25) is 5.91 Å². The number of amides is 1. The number of nitrogens with one attached hydrogen (secondary N) is 1. The Bertz CT molecular complexity index is 931. The van der Waals surface area contributed by atoms with Gasteiger partial charge in [0.15, 0.2) is 0 Å². The Morgan fingerprint density at radius 2 is 0.717 bits per heavy atom. The number of aliphatic hydroxyl groups excluding tert-OH is 3. The van der Waals surface area contributed by atoms with Crippen molar-refractivity contribution < 1.29 is 20.1 Å². The Balaban J connectivity index is 3.61. The number of unbranched alkanes of at least 4 members (excludes halogenated alkanes) is 35. The molecule has 0 aliphatic rings. The fourth-order valence-electron chi connectivity index (χ4n) is 8.31. The number of hydrogen-bond donors (Lipinski definition) is 4. The molecule has 0 aromatic rings.